The number of rotatable bonds is 6. The summed E-state index contributed by atoms with van der Waals surface area (Å²) < 4.78 is 0. The van der Waals surface area contributed by atoms with Crippen LogP contribution in [0.25, 0.3) is 0 Å². The minimum absolute atomic E-state index is 0.168. The maximum absolute atomic E-state index is 11.0. The van der Waals surface area contributed by atoms with Gasteiger partial charge in [-0.25, -0.2) is 0 Å². The van der Waals surface area contributed by atoms with Crippen LogP contribution in [0.4, 0.5) is 0 Å². The normalized spacial score (nSPS) is 13.4. The van der Waals surface area contributed by atoms with E-state index in [4.69, 9.17) is 0 Å². The number of nitrogens with one attached hydrogen (secondary N) is 1. The fraction of sp³-hybridized carbons (Fsp3) is 0.250. The van der Waals surface area contributed by atoms with Crippen LogP contribution in [0.5, 0.6) is 0 Å². The first-order valence-electron chi connectivity index (χ1n) is 9.14. The molecule has 2 nitrogen and oxygen atoms in total. The average Bonchev–Trinajstić information content (AvgIpc) is 2.65. The van der Waals surface area contributed by atoms with E-state index in [2.05, 4.69) is 50.4 Å². The molecule has 0 aliphatic carbocycles. The van der Waals surface area contributed by atoms with Gasteiger partial charge in [-0.15, -0.1) is 0 Å². The van der Waals surface area contributed by atoms with Crippen LogP contribution in [0.2, 0.25) is 0 Å². The highest BCUT2D eigenvalue weighted by molar-refractivity contribution is 5.37. The lowest BCUT2D eigenvalue weighted by molar-refractivity contribution is 0.127. The molecule has 2 heteroatoms. The summed E-state index contributed by atoms with van der Waals surface area (Å²) in [6.07, 6.45) is -0.607. The van der Waals surface area contributed by atoms with Gasteiger partial charge in [-0.05, 0) is 48.6 Å². The molecular weight excluding hydrogens is 318 g/mol. The second kappa shape index (κ2) is 8.31. The van der Waals surface area contributed by atoms with Crippen molar-refractivity contribution in [3.8, 4) is 0 Å². The molecule has 2 atom stereocenters. The molecule has 0 radical (unpaired) electrons. The standard InChI is InChI=1S/C24H27NO/c1-17-14-18(2)22(19(3)15-17)16-25-23(20-10-6-4-7-11-20)24(26)21-12-8-5-9-13-21/h4-15,23-26H,16H2,1-3H3/t23-,24+/m0/s1. The molecule has 134 valence electrons. The molecule has 0 aliphatic heterocycles. The molecule has 0 heterocycles. The Labute approximate surface area is 156 Å². The number of aliphatic hydroxyl groups excluding tert-OH is 1. The summed E-state index contributed by atoms with van der Waals surface area (Å²) in [5, 5.41) is 14.6. The molecule has 0 bridgehead atoms. The van der Waals surface area contributed by atoms with Crippen LogP contribution in [-0.4, -0.2) is 5.11 Å². The van der Waals surface area contributed by atoms with Crippen molar-refractivity contribution in [1.82, 2.24) is 5.32 Å². The molecule has 0 amide bonds. The maximum atomic E-state index is 11.0. The zero-order valence-electron chi connectivity index (χ0n) is 15.7. The van der Waals surface area contributed by atoms with Gasteiger partial charge in [0.15, 0.2) is 0 Å². The minimum atomic E-state index is -0.607. The molecule has 2 N–H and O–H groups in total. The SMILES string of the molecule is Cc1cc(C)c(CN[C@@H](c2ccccc2)[C@H](O)c2ccccc2)c(C)c1. The summed E-state index contributed by atoms with van der Waals surface area (Å²) in [5.74, 6) is 0. The molecule has 0 saturated heterocycles. The van der Waals surface area contributed by atoms with E-state index >= 15 is 0 Å². The molecule has 0 aliphatic rings. The third-order valence-electron chi connectivity index (χ3n) is 4.95. The lowest BCUT2D eigenvalue weighted by atomic mass is 9.94. The lowest BCUT2D eigenvalue weighted by Gasteiger charge is -2.26. The number of aliphatic hydroxyl groups is 1. The average molecular weight is 345 g/mol. The highest BCUT2D eigenvalue weighted by atomic mass is 16.3. The third kappa shape index (κ3) is 4.21. The van der Waals surface area contributed by atoms with Crippen molar-refractivity contribution in [2.75, 3.05) is 0 Å². The Kier molecular flexibility index (Phi) is 5.87. The molecule has 0 saturated carbocycles. The molecule has 3 rings (SSSR count). The van der Waals surface area contributed by atoms with E-state index < -0.39 is 6.10 Å². The minimum Gasteiger partial charge on any atom is -0.386 e. The first-order valence-corrected chi connectivity index (χ1v) is 9.14. The van der Waals surface area contributed by atoms with Crippen LogP contribution in [0.3, 0.4) is 0 Å². The first kappa shape index (κ1) is 18.4. The number of benzene rings is 3. The predicted molar refractivity (Wildman–Crippen MR) is 108 cm³/mol. The van der Waals surface area contributed by atoms with Gasteiger partial charge in [-0.1, -0.05) is 78.4 Å². The molecule has 0 fully saturated rings. The van der Waals surface area contributed by atoms with Gasteiger partial charge >= 0.3 is 0 Å². The number of aryl methyl sites for hydroxylation is 3. The number of hydrogen-bond acceptors (Lipinski definition) is 2. The quantitative estimate of drug-likeness (QED) is 0.645. The maximum Gasteiger partial charge on any atom is 0.0984 e. The predicted octanol–water partition coefficient (Wildman–Crippen LogP) is 5.18. The zero-order chi connectivity index (χ0) is 18.5. The second-order valence-corrected chi connectivity index (χ2v) is 7.00. The van der Waals surface area contributed by atoms with E-state index in [0.29, 0.717) is 0 Å². The Balaban J connectivity index is 1.88. The van der Waals surface area contributed by atoms with Crippen molar-refractivity contribution in [1.29, 1.82) is 0 Å². The van der Waals surface area contributed by atoms with Crippen LogP contribution >= 0.6 is 0 Å². The number of hydrogen-bond donors (Lipinski definition) is 2. The van der Waals surface area contributed by atoms with E-state index in [1.165, 1.54) is 22.3 Å². The van der Waals surface area contributed by atoms with Crippen molar-refractivity contribution < 1.29 is 5.11 Å². The third-order valence-corrected chi connectivity index (χ3v) is 4.95. The summed E-state index contributed by atoms with van der Waals surface area (Å²) in [7, 11) is 0. The summed E-state index contributed by atoms with van der Waals surface area (Å²) in [6.45, 7) is 7.16. The van der Waals surface area contributed by atoms with Crippen LogP contribution in [0.15, 0.2) is 72.8 Å². The van der Waals surface area contributed by atoms with E-state index in [-0.39, 0.29) is 6.04 Å². The van der Waals surface area contributed by atoms with Crippen LogP contribution in [0, 0.1) is 20.8 Å². The highest BCUT2D eigenvalue weighted by Crippen LogP contribution is 2.29. The second-order valence-electron chi connectivity index (χ2n) is 7.00. The monoisotopic (exact) mass is 345 g/mol. The van der Waals surface area contributed by atoms with Gasteiger partial charge in [0.2, 0.25) is 0 Å². The summed E-state index contributed by atoms with van der Waals surface area (Å²) in [4.78, 5) is 0. The van der Waals surface area contributed by atoms with E-state index in [0.717, 1.165) is 17.7 Å². The molecule has 3 aromatic rings. The van der Waals surface area contributed by atoms with E-state index in [1.54, 1.807) is 0 Å². The first-order chi connectivity index (χ1) is 12.6. The summed E-state index contributed by atoms with van der Waals surface area (Å²) >= 11 is 0. The van der Waals surface area contributed by atoms with Crippen LogP contribution < -0.4 is 5.32 Å². The fourth-order valence-corrected chi connectivity index (χ4v) is 3.62. The molecule has 0 spiro atoms. The van der Waals surface area contributed by atoms with E-state index in [9.17, 15) is 5.11 Å². The van der Waals surface area contributed by atoms with Crippen LogP contribution in [0.1, 0.15) is 45.5 Å². The molecular formula is C24H27NO. The smallest absolute Gasteiger partial charge is 0.0984 e. The van der Waals surface area contributed by atoms with Crippen molar-refractivity contribution in [2.45, 2.75) is 39.5 Å². The Hall–Kier alpha value is -2.42. The van der Waals surface area contributed by atoms with Gasteiger partial charge in [-0.2, -0.15) is 0 Å². The van der Waals surface area contributed by atoms with E-state index in [1.807, 2.05) is 48.5 Å². The fourth-order valence-electron chi connectivity index (χ4n) is 3.62. The van der Waals surface area contributed by atoms with Crippen molar-refractivity contribution in [2.24, 2.45) is 0 Å². The molecule has 0 aromatic heterocycles. The van der Waals surface area contributed by atoms with Crippen LogP contribution in [-0.2, 0) is 6.54 Å². The Morgan fingerprint density at radius 3 is 1.81 bits per heavy atom. The molecule has 26 heavy (non-hydrogen) atoms. The zero-order valence-corrected chi connectivity index (χ0v) is 15.7. The van der Waals surface area contributed by atoms with Gasteiger partial charge in [-0.3, -0.25) is 0 Å². The van der Waals surface area contributed by atoms with Gasteiger partial charge in [0.05, 0.1) is 12.1 Å². The summed E-state index contributed by atoms with van der Waals surface area (Å²) in [5.41, 5.74) is 7.17. The van der Waals surface area contributed by atoms with Crippen molar-refractivity contribution in [3.05, 3.63) is 106 Å². The molecule has 0 unspecified atom stereocenters. The van der Waals surface area contributed by atoms with Gasteiger partial charge < -0.3 is 10.4 Å². The highest BCUT2D eigenvalue weighted by Gasteiger charge is 2.22. The van der Waals surface area contributed by atoms with Gasteiger partial charge in [0.25, 0.3) is 0 Å². The van der Waals surface area contributed by atoms with Gasteiger partial charge in [0, 0.05) is 6.54 Å². The molecule has 3 aromatic carbocycles. The Morgan fingerprint density at radius 2 is 1.27 bits per heavy atom. The van der Waals surface area contributed by atoms with Gasteiger partial charge in [0.1, 0.15) is 0 Å². The Bertz CT molecular complexity index is 820. The van der Waals surface area contributed by atoms with Crippen molar-refractivity contribution >= 4 is 0 Å². The Morgan fingerprint density at radius 1 is 0.769 bits per heavy atom. The topological polar surface area (TPSA) is 32.3 Å². The largest absolute Gasteiger partial charge is 0.386 e. The lowest BCUT2D eigenvalue weighted by Crippen LogP contribution is -2.27. The summed E-state index contributed by atoms with van der Waals surface area (Å²) in [6, 6.07) is 24.3. The van der Waals surface area contributed by atoms with Crippen molar-refractivity contribution in [3.63, 3.8) is 0 Å².